The van der Waals surface area contributed by atoms with Gasteiger partial charge in [0.25, 0.3) is 0 Å². The maximum absolute atomic E-state index is 5.56. The molecule has 5 heteroatoms. The molecule has 3 rings (SSSR count). The first-order chi connectivity index (χ1) is 9.29. The van der Waals surface area contributed by atoms with E-state index in [2.05, 4.69) is 33.8 Å². The summed E-state index contributed by atoms with van der Waals surface area (Å²) in [6, 6.07) is 7.01. The van der Waals surface area contributed by atoms with Gasteiger partial charge < -0.3 is 19.9 Å². The predicted molar refractivity (Wildman–Crippen MR) is 75.1 cm³/mol. The molecule has 102 valence electrons. The van der Waals surface area contributed by atoms with Gasteiger partial charge in [0.1, 0.15) is 0 Å². The monoisotopic (exact) mass is 260 g/mol. The van der Waals surface area contributed by atoms with Crippen molar-refractivity contribution in [3.05, 3.63) is 30.1 Å². The molecule has 1 aliphatic rings. The standard InChI is InChI=1S/C14H20N4O/c1-15-14(12-8-19-6-5-16-12)10-3-4-13-11(7-10)17-9-18(13)2/h3-4,7,9,12,14-16H,5-6,8H2,1-2H3. The van der Waals surface area contributed by atoms with Crippen molar-refractivity contribution in [2.24, 2.45) is 7.05 Å². The zero-order chi connectivity index (χ0) is 13.2. The summed E-state index contributed by atoms with van der Waals surface area (Å²) in [7, 11) is 4.00. The fraction of sp³-hybridized carbons (Fsp3) is 0.500. The van der Waals surface area contributed by atoms with Gasteiger partial charge in [0, 0.05) is 19.6 Å². The van der Waals surface area contributed by atoms with Crippen molar-refractivity contribution in [1.82, 2.24) is 20.2 Å². The van der Waals surface area contributed by atoms with Crippen molar-refractivity contribution in [2.75, 3.05) is 26.8 Å². The Hall–Kier alpha value is -1.43. The highest BCUT2D eigenvalue weighted by Crippen LogP contribution is 2.22. The Morgan fingerprint density at radius 3 is 3.16 bits per heavy atom. The third kappa shape index (κ3) is 2.36. The van der Waals surface area contributed by atoms with E-state index in [-0.39, 0.29) is 6.04 Å². The molecule has 1 fully saturated rings. The van der Waals surface area contributed by atoms with Crippen LogP contribution in [-0.4, -0.2) is 42.4 Å². The Morgan fingerprint density at radius 2 is 2.42 bits per heavy atom. The molecule has 0 amide bonds. The molecule has 2 heterocycles. The second kappa shape index (κ2) is 5.28. The molecular formula is C14H20N4O. The molecule has 1 aliphatic heterocycles. The Balaban J connectivity index is 1.91. The number of nitrogens with one attached hydrogen (secondary N) is 2. The van der Waals surface area contributed by atoms with Crippen molar-refractivity contribution in [2.45, 2.75) is 12.1 Å². The molecule has 0 bridgehead atoms. The number of aromatic nitrogens is 2. The normalized spacial score (nSPS) is 21.7. The smallest absolute Gasteiger partial charge is 0.0955 e. The van der Waals surface area contributed by atoms with Gasteiger partial charge in [-0.3, -0.25) is 0 Å². The lowest BCUT2D eigenvalue weighted by atomic mass is 9.98. The minimum Gasteiger partial charge on any atom is -0.378 e. The number of nitrogens with zero attached hydrogens (tertiary/aromatic N) is 2. The van der Waals surface area contributed by atoms with Crippen molar-refractivity contribution in [1.29, 1.82) is 0 Å². The lowest BCUT2D eigenvalue weighted by Gasteiger charge is -2.31. The van der Waals surface area contributed by atoms with E-state index in [4.69, 9.17) is 4.74 Å². The molecule has 2 N–H and O–H groups in total. The van der Waals surface area contributed by atoms with E-state index in [9.17, 15) is 0 Å². The van der Waals surface area contributed by atoms with Crippen LogP contribution < -0.4 is 10.6 Å². The van der Waals surface area contributed by atoms with Gasteiger partial charge in [-0.2, -0.15) is 0 Å². The van der Waals surface area contributed by atoms with E-state index in [1.165, 1.54) is 5.56 Å². The number of rotatable bonds is 3. The maximum Gasteiger partial charge on any atom is 0.0955 e. The number of hydrogen-bond acceptors (Lipinski definition) is 4. The highest BCUT2D eigenvalue weighted by atomic mass is 16.5. The molecule has 2 atom stereocenters. The summed E-state index contributed by atoms with van der Waals surface area (Å²) in [5.74, 6) is 0. The number of fused-ring (bicyclic) bond motifs is 1. The lowest BCUT2D eigenvalue weighted by Crippen LogP contribution is -2.48. The van der Waals surface area contributed by atoms with E-state index >= 15 is 0 Å². The second-order valence-corrected chi connectivity index (χ2v) is 5.01. The molecular weight excluding hydrogens is 240 g/mol. The van der Waals surface area contributed by atoms with Crippen LogP contribution in [0.5, 0.6) is 0 Å². The predicted octanol–water partition coefficient (Wildman–Crippen LogP) is 0.822. The van der Waals surface area contributed by atoms with E-state index < -0.39 is 0 Å². The summed E-state index contributed by atoms with van der Waals surface area (Å²) in [6.45, 7) is 2.45. The van der Waals surface area contributed by atoms with E-state index in [0.29, 0.717) is 6.04 Å². The number of likely N-dealkylation sites (N-methyl/N-ethyl adjacent to an activating group) is 1. The molecule has 0 saturated carbocycles. The van der Waals surface area contributed by atoms with Gasteiger partial charge in [0.15, 0.2) is 0 Å². The van der Waals surface area contributed by atoms with E-state index in [0.717, 1.165) is 30.8 Å². The number of aryl methyl sites for hydroxylation is 1. The first kappa shape index (κ1) is 12.6. The van der Waals surface area contributed by atoms with Crippen LogP contribution in [0.15, 0.2) is 24.5 Å². The van der Waals surface area contributed by atoms with Crippen LogP contribution >= 0.6 is 0 Å². The van der Waals surface area contributed by atoms with Gasteiger partial charge in [-0.05, 0) is 24.7 Å². The van der Waals surface area contributed by atoms with Crippen molar-refractivity contribution < 1.29 is 4.74 Å². The zero-order valence-electron chi connectivity index (χ0n) is 11.4. The summed E-state index contributed by atoms with van der Waals surface area (Å²) in [6.07, 6.45) is 1.85. The average molecular weight is 260 g/mol. The van der Waals surface area contributed by atoms with E-state index in [1.54, 1.807) is 0 Å². The summed E-state index contributed by atoms with van der Waals surface area (Å²) < 4.78 is 7.59. The van der Waals surface area contributed by atoms with Crippen LogP contribution in [0.2, 0.25) is 0 Å². The molecule has 0 radical (unpaired) electrons. The van der Waals surface area contributed by atoms with Crippen molar-refractivity contribution in [3.63, 3.8) is 0 Å². The molecule has 1 aromatic carbocycles. The van der Waals surface area contributed by atoms with Crippen LogP contribution in [0.3, 0.4) is 0 Å². The summed E-state index contributed by atoms with van der Waals surface area (Å²) in [4.78, 5) is 4.42. The van der Waals surface area contributed by atoms with E-state index in [1.807, 2.05) is 25.0 Å². The van der Waals surface area contributed by atoms with Crippen LogP contribution in [0.25, 0.3) is 11.0 Å². The SMILES string of the molecule is CNC(c1ccc2c(c1)ncn2C)C1COCCN1. The van der Waals surface area contributed by atoms with Crippen LogP contribution in [-0.2, 0) is 11.8 Å². The van der Waals surface area contributed by atoms with Gasteiger partial charge in [0.2, 0.25) is 0 Å². The van der Waals surface area contributed by atoms with Gasteiger partial charge in [-0.25, -0.2) is 4.98 Å². The lowest BCUT2D eigenvalue weighted by molar-refractivity contribution is 0.0646. The van der Waals surface area contributed by atoms with Crippen LogP contribution in [0.1, 0.15) is 11.6 Å². The highest BCUT2D eigenvalue weighted by molar-refractivity contribution is 5.76. The zero-order valence-corrected chi connectivity index (χ0v) is 11.4. The molecule has 2 unspecified atom stereocenters. The number of morpholine rings is 1. The maximum atomic E-state index is 5.56. The highest BCUT2D eigenvalue weighted by Gasteiger charge is 2.24. The Morgan fingerprint density at radius 1 is 1.53 bits per heavy atom. The number of benzene rings is 1. The Bertz CT molecular complexity index is 560. The minimum atomic E-state index is 0.242. The Kier molecular flexibility index (Phi) is 3.50. The number of hydrogen-bond donors (Lipinski definition) is 2. The molecule has 1 aromatic heterocycles. The van der Waals surface area contributed by atoms with Crippen molar-refractivity contribution in [3.8, 4) is 0 Å². The molecule has 1 saturated heterocycles. The summed E-state index contributed by atoms with van der Waals surface area (Å²) in [5.41, 5.74) is 3.44. The second-order valence-electron chi connectivity index (χ2n) is 5.01. The minimum absolute atomic E-state index is 0.242. The quantitative estimate of drug-likeness (QED) is 0.858. The van der Waals surface area contributed by atoms with Crippen LogP contribution in [0, 0.1) is 0 Å². The van der Waals surface area contributed by atoms with Gasteiger partial charge in [-0.1, -0.05) is 6.07 Å². The fourth-order valence-electron chi connectivity index (χ4n) is 2.75. The van der Waals surface area contributed by atoms with Crippen LogP contribution in [0.4, 0.5) is 0 Å². The molecule has 0 spiro atoms. The van der Waals surface area contributed by atoms with Gasteiger partial charge in [0.05, 0.1) is 36.6 Å². The van der Waals surface area contributed by atoms with Crippen molar-refractivity contribution >= 4 is 11.0 Å². The summed E-state index contributed by atoms with van der Waals surface area (Å²) in [5, 5.41) is 6.89. The van der Waals surface area contributed by atoms with Gasteiger partial charge in [-0.15, -0.1) is 0 Å². The molecule has 19 heavy (non-hydrogen) atoms. The molecule has 0 aliphatic carbocycles. The molecule has 5 nitrogen and oxygen atoms in total. The fourth-order valence-corrected chi connectivity index (χ4v) is 2.75. The first-order valence-electron chi connectivity index (χ1n) is 6.69. The average Bonchev–Trinajstić information content (AvgIpc) is 2.82. The number of imidazole rings is 1. The third-order valence-electron chi connectivity index (χ3n) is 3.77. The molecule has 2 aromatic rings. The largest absolute Gasteiger partial charge is 0.378 e. The Labute approximate surface area is 113 Å². The number of ether oxygens (including phenoxy) is 1. The summed E-state index contributed by atoms with van der Waals surface area (Å²) >= 11 is 0. The van der Waals surface area contributed by atoms with Gasteiger partial charge >= 0.3 is 0 Å². The topological polar surface area (TPSA) is 51.1 Å². The first-order valence-corrected chi connectivity index (χ1v) is 6.69. The third-order valence-corrected chi connectivity index (χ3v) is 3.77.